The number of hydrogen-bond donors (Lipinski definition) is 1. The van der Waals surface area contributed by atoms with E-state index in [1.54, 1.807) is 0 Å². The quantitative estimate of drug-likeness (QED) is 0.261. The van der Waals surface area contributed by atoms with E-state index in [1.165, 1.54) is 50.1 Å². The first-order chi connectivity index (χ1) is 18.5. The molecular weight excluding hydrogens is 458 g/mol. The van der Waals surface area contributed by atoms with Crippen molar-refractivity contribution in [1.82, 2.24) is 0 Å². The van der Waals surface area contributed by atoms with E-state index in [0.29, 0.717) is 0 Å². The van der Waals surface area contributed by atoms with Crippen LogP contribution in [0.4, 0.5) is 0 Å². The van der Waals surface area contributed by atoms with Crippen LogP contribution in [-0.2, 0) is 17.4 Å². The highest BCUT2D eigenvalue weighted by molar-refractivity contribution is 5.87. The van der Waals surface area contributed by atoms with Gasteiger partial charge in [0.05, 0.1) is 11.0 Å². The molecule has 3 aliphatic rings. The van der Waals surface area contributed by atoms with Gasteiger partial charge in [0.1, 0.15) is 0 Å². The van der Waals surface area contributed by atoms with Crippen LogP contribution in [0.3, 0.4) is 0 Å². The summed E-state index contributed by atoms with van der Waals surface area (Å²) < 4.78 is 0. The number of allylic oxidation sites excluding steroid dienone is 6. The van der Waals surface area contributed by atoms with Crippen molar-refractivity contribution < 1.29 is 0 Å². The topological polar surface area (TPSA) is 26.0 Å². The van der Waals surface area contributed by atoms with Gasteiger partial charge in [-0.25, -0.2) is 0 Å². The summed E-state index contributed by atoms with van der Waals surface area (Å²) in [6.45, 7) is 4.27. The van der Waals surface area contributed by atoms with Crippen molar-refractivity contribution in [2.75, 3.05) is 0 Å². The van der Waals surface area contributed by atoms with E-state index in [0.717, 1.165) is 17.6 Å². The van der Waals surface area contributed by atoms with Crippen LogP contribution < -0.4 is 5.73 Å². The monoisotopic (exact) mass is 489 g/mol. The van der Waals surface area contributed by atoms with Gasteiger partial charge in [-0.05, 0) is 75.9 Å². The normalized spacial score (nSPS) is 22.2. The van der Waals surface area contributed by atoms with Gasteiger partial charge < -0.3 is 5.73 Å². The van der Waals surface area contributed by atoms with Gasteiger partial charge >= 0.3 is 0 Å². The summed E-state index contributed by atoms with van der Waals surface area (Å²) in [5, 5.41) is 0. The molecule has 1 unspecified atom stereocenters. The maximum Gasteiger partial charge on any atom is 0.0719 e. The standard InChI is InChI=1S/C37H31N/c1-25-12-4-3-5-14-28(22-25)36(2,38)29-21-20-27-23-26-13-6-9-17-32(26)37(35(27)24-29)33-18-10-7-15-30(33)31-16-8-11-19-34(31)37/h3-22,24H,23,38H2,1-2H3/b4-3?,5-3+,12-4-,14-5?,25-12?,25-22+,28-14+,28-22?. The van der Waals surface area contributed by atoms with Gasteiger partial charge in [0, 0.05) is 0 Å². The fourth-order valence-electron chi connectivity index (χ4n) is 6.87. The Morgan fingerprint density at radius 2 is 1.32 bits per heavy atom. The minimum atomic E-state index is -0.651. The Morgan fingerprint density at radius 1 is 0.684 bits per heavy atom. The van der Waals surface area contributed by atoms with Gasteiger partial charge in [-0.1, -0.05) is 133 Å². The Kier molecular flexibility index (Phi) is 5.08. The largest absolute Gasteiger partial charge is 0.318 e. The van der Waals surface area contributed by atoms with Crippen LogP contribution in [0.5, 0.6) is 0 Å². The smallest absolute Gasteiger partial charge is 0.0719 e. The molecule has 0 fully saturated rings. The fraction of sp³-hybridized carbons (Fsp3) is 0.135. The van der Waals surface area contributed by atoms with E-state index >= 15 is 0 Å². The average Bonchev–Trinajstić information content (AvgIpc) is 3.22. The maximum absolute atomic E-state index is 7.23. The molecule has 0 radical (unpaired) electrons. The first-order valence-corrected chi connectivity index (χ1v) is 13.5. The Morgan fingerprint density at radius 3 is 2.05 bits per heavy atom. The molecular formula is C37H31N. The lowest BCUT2D eigenvalue weighted by atomic mass is 9.61. The number of fused-ring (bicyclic) bond motifs is 9. The summed E-state index contributed by atoms with van der Waals surface area (Å²) in [6.07, 6.45) is 13.6. The van der Waals surface area contributed by atoms with E-state index in [-0.39, 0.29) is 5.41 Å². The minimum Gasteiger partial charge on any atom is -0.318 e. The molecule has 1 heteroatoms. The van der Waals surface area contributed by atoms with Gasteiger partial charge in [0.25, 0.3) is 0 Å². The lowest BCUT2D eigenvalue weighted by Crippen LogP contribution is -2.38. The van der Waals surface area contributed by atoms with Crippen LogP contribution in [0, 0.1) is 0 Å². The molecule has 184 valence electrons. The third-order valence-electron chi connectivity index (χ3n) is 8.71. The molecule has 0 heterocycles. The predicted octanol–water partition coefficient (Wildman–Crippen LogP) is 8.13. The Bertz CT molecular complexity index is 1680. The average molecular weight is 490 g/mol. The van der Waals surface area contributed by atoms with Crippen molar-refractivity contribution in [3.63, 3.8) is 0 Å². The lowest BCUT2D eigenvalue weighted by Gasteiger charge is -2.41. The Hall–Kier alpha value is -4.20. The second-order valence-electron chi connectivity index (χ2n) is 11.0. The molecule has 1 spiro atoms. The molecule has 1 nitrogen and oxygen atoms in total. The van der Waals surface area contributed by atoms with E-state index in [9.17, 15) is 0 Å². The molecule has 0 saturated heterocycles. The molecule has 1 atom stereocenters. The molecule has 4 aromatic carbocycles. The summed E-state index contributed by atoms with van der Waals surface area (Å²) in [7, 11) is 0. The molecule has 3 aliphatic carbocycles. The van der Waals surface area contributed by atoms with Crippen molar-refractivity contribution in [3.8, 4) is 11.1 Å². The van der Waals surface area contributed by atoms with Crippen LogP contribution in [0.15, 0.2) is 139 Å². The van der Waals surface area contributed by atoms with E-state index < -0.39 is 5.54 Å². The number of benzene rings is 4. The highest BCUT2D eigenvalue weighted by Crippen LogP contribution is 2.59. The molecule has 0 saturated carbocycles. The third-order valence-corrected chi connectivity index (χ3v) is 8.71. The van der Waals surface area contributed by atoms with Crippen LogP contribution >= 0.6 is 0 Å². The number of nitrogens with two attached hydrogens (primary N) is 1. The zero-order chi connectivity index (χ0) is 25.9. The first-order valence-electron chi connectivity index (χ1n) is 13.5. The molecule has 0 aliphatic heterocycles. The van der Waals surface area contributed by atoms with Crippen molar-refractivity contribution in [3.05, 3.63) is 178 Å². The highest BCUT2D eigenvalue weighted by atomic mass is 14.7. The van der Waals surface area contributed by atoms with Gasteiger partial charge in [0.15, 0.2) is 0 Å². The van der Waals surface area contributed by atoms with Gasteiger partial charge in [0.2, 0.25) is 0 Å². The predicted molar refractivity (Wildman–Crippen MR) is 158 cm³/mol. The Balaban J connectivity index is 1.53. The first kappa shape index (κ1) is 23.0. The summed E-state index contributed by atoms with van der Waals surface area (Å²) in [4.78, 5) is 0. The van der Waals surface area contributed by atoms with Crippen molar-refractivity contribution in [2.45, 2.75) is 31.2 Å². The van der Waals surface area contributed by atoms with Crippen molar-refractivity contribution in [2.24, 2.45) is 5.73 Å². The summed E-state index contributed by atoms with van der Waals surface area (Å²) in [5.74, 6) is 0. The summed E-state index contributed by atoms with van der Waals surface area (Å²) in [6, 6.07) is 33.9. The van der Waals surface area contributed by atoms with Gasteiger partial charge in [-0.2, -0.15) is 0 Å². The third kappa shape index (κ3) is 3.15. The SMILES string of the molecule is CC1=C\C(C(C)(N)c2ccc3c(c2)C2(c4ccccc4C3)c3ccccc3-c3ccccc32)=C/C=C/C=C\1. The van der Waals surface area contributed by atoms with E-state index in [4.69, 9.17) is 5.73 Å². The maximum atomic E-state index is 7.23. The highest BCUT2D eigenvalue weighted by Gasteiger charge is 2.49. The van der Waals surface area contributed by atoms with Gasteiger partial charge in [-0.3, -0.25) is 0 Å². The van der Waals surface area contributed by atoms with Crippen LogP contribution in [0.25, 0.3) is 11.1 Å². The molecule has 4 aromatic rings. The van der Waals surface area contributed by atoms with Crippen LogP contribution in [-0.4, -0.2) is 0 Å². The van der Waals surface area contributed by atoms with Crippen molar-refractivity contribution >= 4 is 0 Å². The summed E-state index contributed by atoms with van der Waals surface area (Å²) >= 11 is 0. The van der Waals surface area contributed by atoms with Crippen LogP contribution in [0.1, 0.15) is 52.8 Å². The summed E-state index contributed by atoms with van der Waals surface area (Å²) in [5.41, 5.74) is 20.5. The second kappa shape index (κ2) is 8.41. The number of rotatable bonds is 2. The molecule has 0 aromatic heterocycles. The molecule has 0 bridgehead atoms. The zero-order valence-electron chi connectivity index (χ0n) is 21.9. The molecule has 0 amide bonds. The Labute approximate surface area is 225 Å². The molecule has 38 heavy (non-hydrogen) atoms. The fourth-order valence-corrected chi connectivity index (χ4v) is 6.87. The van der Waals surface area contributed by atoms with Crippen molar-refractivity contribution in [1.29, 1.82) is 0 Å². The minimum absolute atomic E-state index is 0.368. The van der Waals surface area contributed by atoms with Gasteiger partial charge in [-0.15, -0.1) is 0 Å². The van der Waals surface area contributed by atoms with E-state index in [2.05, 4.69) is 141 Å². The number of hydrogen-bond acceptors (Lipinski definition) is 1. The molecule has 7 rings (SSSR count). The lowest BCUT2D eigenvalue weighted by molar-refractivity contribution is 0.596. The molecule has 2 N–H and O–H groups in total. The second-order valence-corrected chi connectivity index (χ2v) is 11.0. The van der Waals surface area contributed by atoms with Crippen LogP contribution in [0.2, 0.25) is 0 Å². The van der Waals surface area contributed by atoms with E-state index in [1.807, 2.05) is 0 Å². The zero-order valence-corrected chi connectivity index (χ0v) is 21.9.